The second-order valence-electron chi connectivity index (χ2n) is 4.35. The second-order valence-corrected chi connectivity index (χ2v) is 5.30. The van der Waals surface area contributed by atoms with Gasteiger partial charge in [0.15, 0.2) is 12.4 Å². The van der Waals surface area contributed by atoms with E-state index in [4.69, 9.17) is 9.26 Å². The average Bonchev–Trinajstić information content (AvgIpc) is 3.16. The summed E-state index contributed by atoms with van der Waals surface area (Å²) < 4.78 is 11.7. The molecule has 0 aliphatic carbocycles. The van der Waals surface area contributed by atoms with Gasteiger partial charge in [0.1, 0.15) is 11.3 Å². The van der Waals surface area contributed by atoms with E-state index in [1.54, 1.807) is 24.9 Å². The van der Waals surface area contributed by atoms with Gasteiger partial charge in [0.05, 0.1) is 4.88 Å². The van der Waals surface area contributed by atoms with Gasteiger partial charge in [-0.15, -0.1) is 11.3 Å². The number of thiophene rings is 1. The summed E-state index contributed by atoms with van der Waals surface area (Å²) in [5.41, 5.74) is 1.02. The van der Waals surface area contributed by atoms with E-state index in [0.717, 1.165) is 4.88 Å². The van der Waals surface area contributed by atoms with Crippen LogP contribution in [0.5, 0.6) is 0 Å². The summed E-state index contributed by atoms with van der Waals surface area (Å²) in [5, 5.41) is 9.88. The standard InChI is InChI=1S/C13H12N4O3S/c1-8-14-11(20-16-8)7-19-13(18)9-6-17(2)15-12(9)10-4-3-5-21-10/h3-6H,7H2,1-2H3. The molecule has 0 amide bonds. The van der Waals surface area contributed by atoms with Gasteiger partial charge < -0.3 is 9.26 Å². The van der Waals surface area contributed by atoms with Crippen molar-refractivity contribution in [2.45, 2.75) is 13.5 Å². The third-order valence-electron chi connectivity index (χ3n) is 2.70. The largest absolute Gasteiger partial charge is 0.452 e. The van der Waals surface area contributed by atoms with Gasteiger partial charge in [0.2, 0.25) is 0 Å². The highest BCUT2D eigenvalue weighted by Gasteiger charge is 2.20. The molecule has 0 N–H and O–H groups in total. The summed E-state index contributed by atoms with van der Waals surface area (Å²) in [6, 6.07) is 3.82. The molecule has 3 aromatic heterocycles. The van der Waals surface area contributed by atoms with Crippen molar-refractivity contribution in [3.63, 3.8) is 0 Å². The summed E-state index contributed by atoms with van der Waals surface area (Å²) in [4.78, 5) is 17.1. The van der Waals surface area contributed by atoms with Crippen LogP contribution in [0.4, 0.5) is 0 Å². The third-order valence-corrected chi connectivity index (χ3v) is 3.58. The molecule has 3 aromatic rings. The SMILES string of the molecule is Cc1noc(COC(=O)c2cn(C)nc2-c2cccs2)n1. The fourth-order valence-electron chi connectivity index (χ4n) is 1.84. The van der Waals surface area contributed by atoms with Crippen molar-refractivity contribution in [1.82, 2.24) is 19.9 Å². The Bertz CT molecular complexity index is 760. The first kappa shape index (κ1) is 13.5. The molecule has 0 saturated heterocycles. The highest BCUT2D eigenvalue weighted by molar-refractivity contribution is 7.13. The fraction of sp³-hybridized carbons (Fsp3) is 0.231. The lowest BCUT2D eigenvalue weighted by molar-refractivity contribution is 0.0430. The summed E-state index contributed by atoms with van der Waals surface area (Å²) in [7, 11) is 1.76. The lowest BCUT2D eigenvalue weighted by Gasteiger charge is -2.01. The van der Waals surface area contributed by atoms with Crippen LogP contribution in [0.25, 0.3) is 10.6 Å². The monoisotopic (exact) mass is 304 g/mol. The van der Waals surface area contributed by atoms with Gasteiger partial charge in [-0.25, -0.2) is 4.79 Å². The molecule has 8 heteroatoms. The van der Waals surface area contributed by atoms with Crippen molar-refractivity contribution in [3.05, 3.63) is 41.0 Å². The number of hydrogen-bond donors (Lipinski definition) is 0. The molecule has 0 unspecified atom stereocenters. The molecule has 0 radical (unpaired) electrons. The summed E-state index contributed by atoms with van der Waals surface area (Å²) in [5.74, 6) is 0.298. The normalized spacial score (nSPS) is 10.8. The Kier molecular flexibility index (Phi) is 3.53. The van der Waals surface area contributed by atoms with Crippen molar-refractivity contribution in [2.24, 2.45) is 7.05 Å². The molecule has 0 atom stereocenters. The Morgan fingerprint density at radius 3 is 3.05 bits per heavy atom. The Morgan fingerprint density at radius 1 is 1.52 bits per heavy atom. The van der Waals surface area contributed by atoms with Crippen molar-refractivity contribution < 1.29 is 14.1 Å². The van der Waals surface area contributed by atoms with Crippen LogP contribution in [-0.2, 0) is 18.4 Å². The van der Waals surface area contributed by atoms with Gasteiger partial charge in [0.25, 0.3) is 5.89 Å². The number of aromatic nitrogens is 4. The van der Waals surface area contributed by atoms with Crippen LogP contribution in [0.1, 0.15) is 22.1 Å². The molecule has 0 bridgehead atoms. The number of ether oxygens (including phenoxy) is 1. The van der Waals surface area contributed by atoms with Crippen molar-refractivity contribution >= 4 is 17.3 Å². The smallest absolute Gasteiger partial charge is 0.342 e. The highest BCUT2D eigenvalue weighted by Crippen LogP contribution is 2.27. The maximum atomic E-state index is 12.2. The van der Waals surface area contributed by atoms with Crippen LogP contribution in [0, 0.1) is 6.92 Å². The molecule has 0 fully saturated rings. The highest BCUT2D eigenvalue weighted by atomic mass is 32.1. The van der Waals surface area contributed by atoms with E-state index >= 15 is 0 Å². The number of carbonyl (C=O) groups excluding carboxylic acids is 1. The molecule has 21 heavy (non-hydrogen) atoms. The molecule has 0 saturated carbocycles. The zero-order valence-corrected chi connectivity index (χ0v) is 12.3. The Morgan fingerprint density at radius 2 is 2.38 bits per heavy atom. The first-order chi connectivity index (χ1) is 10.1. The van der Waals surface area contributed by atoms with E-state index in [0.29, 0.717) is 17.1 Å². The van der Waals surface area contributed by atoms with Crippen LogP contribution in [0.2, 0.25) is 0 Å². The van der Waals surface area contributed by atoms with Gasteiger partial charge in [-0.1, -0.05) is 11.2 Å². The van der Waals surface area contributed by atoms with Gasteiger partial charge in [-0.3, -0.25) is 4.68 Å². The molecule has 108 valence electrons. The lowest BCUT2D eigenvalue weighted by Crippen LogP contribution is -2.05. The van der Waals surface area contributed by atoms with Gasteiger partial charge in [-0.2, -0.15) is 10.1 Å². The summed E-state index contributed by atoms with van der Waals surface area (Å²) in [6.07, 6.45) is 1.64. The number of aryl methyl sites for hydroxylation is 2. The number of nitrogens with zero attached hydrogens (tertiary/aromatic N) is 4. The zero-order chi connectivity index (χ0) is 14.8. The maximum absolute atomic E-state index is 12.2. The molecule has 0 aromatic carbocycles. The van der Waals surface area contributed by atoms with E-state index in [-0.39, 0.29) is 12.5 Å². The molecular formula is C13H12N4O3S. The van der Waals surface area contributed by atoms with Crippen LogP contribution in [0.15, 0.2) is 28.2 Å². The first-order valence-electron chi connectivity index (χ1n) is 6.17. The van der Waals surface area contributed by atoms with E-state index < -0.39 is 5.97 Å². The minimum atomic E-state index is -0.470. The number of rotatable bonds is 4. The molecule has 0 aliphatic heterocycles. The van der Waals surface area contributed by atoms with Crippen molar-refractivity contribution in [2.75, 3.05) is 0 Å². The molecule has 3 heterocycles. The maximum Gasteiger partial charge on any atom is 0.342 e. The second kappa shape index (κ2) is 5.49. The van der Waals surface area contributed by atoms with Gasteiger partial charge >= 0.3 is 5.97 Å². The van der Waals surface area contributed by atoms with E-state index in [1.807, 2.05) is 17.5 Å². The fourth-order valence-corrected chi connectivity index (χ4v) is 2.56. The molecule has 7 nitrogen and oxygen atoms in total. The van der Waals surface area contributed by atoms with Crippen molar-refractivity contribution in [1.29, 1.82) is 0 Å². The van der Waals surface area contributed by atoms with Crippen LogP contribution in [-0.4, -0.2) is 25.9 Å². The first-order valence-corrected chi connectivity index (χ1v) is 7.05. The third kappa shape index (κ3) is 2.84. The predicted octanol–water partition coefficient (Wildman–Crippen LogP) is 2.20. The van der Waals surface area contributed by atoms with E-state index in [2.05, 4.69) is 15.2 Å². The van der Waals surface area contributed by atoms with Crippen molar-refractivity contribution in [3.8, 4) is 10.6 Å². The molecule has 0 spiro atoms. The number of esters is 1. The van der Waals surface area contributed by atoms with E-state index in [1.165, 1.54) is 11.3 Å². The summed E-state index contributed by atoms with van der Waals surface area (Å²) in [6.45, 7) is 1.64. The minimum Gasteiger partial charge on any atom is -0.452 e. The topological polar surface area (TPSA) is 83.0 Å². The minimum absolute atomic E-state index is 0.0571. The molecular weight excluding hydrogens is 292 g/mol. The van der Waals surface area contributed by atoms with E-state index in [9.17, 15) is 4.79 Å². The van der Waals surface area contributed by atoms with Gasteiger partial charge in [0, 0.05) is 13.2 Å². The lowest BCUT2D eigenvalue weighted by atomic mass is 10.2. The van der Waals surface area contributed by atoms with Crippen LogP contribution in [0.3, 0.4) is 0 Å². The Labute approximate surface area is 124 Å². The average molecular weight is 304 g/mol. The number of hydrogen-bond acceptors (Lipinski definition) is 7. The zero-order valence-electron chi connectivity index (χ0n) is 11.4. The van der Waals surface area contributed by atoms with Gasteiger partial charge in [-0.05, 0) is 18.4 Å². The molecule has 3 rings (SSSR count). The Hall–Kier alpha value is -2.48. The molecule has 0 aliphatic rings. The quantitative estimate of drug-likeness (QED) is 0.687. The predicted molar refractivity (Wildman–Crippen MR) is 74.7 cm³/mol. The Balaban J connectivity index is 1.78. The van der Waals surface area contributed by atoms with Crippen LogP contribution < -0.4 is 0 Å². The number of carbonyl (C=O) groups is 1. The summed E-state index contributed by atoms with van der Waals surface area (Å²) >= 11 is 1.51. The van der Waals surface area contributed by atoms with Crippen LogP contribution >= 0.6 is 11.3 Å².